The standard InChI is InChI=1S/C28H25N5O3S/c1-32(2)37(35,36)26-15-9-12-22(17-26)27-24(20-33(31-27)25-13-7-4-8-14-25)16-23(18-29)28(34)30-19-21-10-5-3-6-11-21/h3-17,20H,19H2,1-2H3,(H,30,34)/b23-16-. The van der Waals surface area contributed by atoms with Crippen molar-refractivity contribution in [2.75, 3.05) is 14.1 Å². The molecule has 0 atom stereocenters. The summed E-state index contributed by atoms with van der Waals surface area (Å²) >= 11 is 0. The van der Waals surface area contributed by atoms with Crippen molar-refractivity contribution < 1.29 is 13.2 Å². The highest BCUT2D eigenvalue weighted by Gasteiger charge is 2.20. The van der Waals surface area contributed by atoms with Gasteiger partial charge in [-0.2, -0.15) is 10.4 Å². The van der Waals surface area contributed by atoms with E-state index in [1.807, 2.05) is 66.7 Å². The third-order valence-corrected chi connectivity index (χ3v) is 7.42. The lowest BCUT2D eigenvalue weighted by atomic mass is 10.1. The second-order valence-electron chi connectivity index (χ2n) is 8.37. The number of sulfonamides is 1. The van der Waals surface area contributed by atoms with Crippen LogP contribution in [0.1, 0.15) is 11.1 Å². The molecule has 0 aliphatic heterocycles. The van der Waals surface area contributed by atoms with E-state index in [1.54, 1.807) is 23.0 Å². The number of nitrogens with one attached hydrogen (secondary N) is 1. The van der Waals surface area contributed by atoms with Gasteiger partial charge in [-0.1, -0.05) is 60.7 Å². The van der Waals surface area contributed by atoms with E-state index in [2.05, 4.69) is 10.4 Å². The van der Waals surface area contributed by atoms with Crippen molar-refractivity contribution in [3.05, 3.63) is 108 Å². The van der Waals surface area contributed by atoms with E-state index in [1.165, 1.54) is 32.3 Å². The quantitative estimate of drug-likeness (QED) is 0.284. The summed E-state index contributed by atoms with van der Waals surface area (Å²) in [7, 11) is -0.742. The first-order chi connectivity index (χ1) is 17.8. The van der Waals surface area contributed by atoms with Gasteiger partial charge in [0.05, 0.1) is 10.6 Å². The molecular weight excluding hydrogens is 486 g/mol. The third kappa shape index (κ3) is 5.83. The Bertz CT molecular complexity index is 1590. The number of carbonyl (C=O) groups is 1. The average Bonchev–Trinajstić information content (AvgIpc) is 3.35. The minimum absolute atomic E-state index is 0.0955. The summed E-state index contributed by atoms with van der Waals surface area (Å²) in [5.41, 5.74) is 3.04. The predicted octanol–water partition coefficient (Wildman–Crippen LogP) is 4.01. The molecule has 4 aromatic rings. The highest BCUT2D eigenvalue weighted by molar-refractivity contribution is 7.89. The van der Waals surface area contributed by atoms with Crippen LogP contribution in [0.15, 0.2) is 102 Å². The van der Waals surface area contributed by atoms with Crippen molar-refractivity contribution in [3.8, 4) is 23.0 Å². The van der Waals surface area contributed by atoms with Gasteiger partial charge in [0, 0.05) is 38.0 Å². The monoisotopic (exact) mass is 511 g/mol. The number of carbonyl (C=O) groups excluding carboxylic acids is 1. The SMILES string of the molecule is CN(C)S(=O)(=O)c1cccc(-c2nn(-c3ccccc3)cc2/C=C(/C#N)C(=O)NCc2ccccc2)c1. The van der Waals surface area contributed by atoms with E-state index in [4.69, 9.17) is 0 Å². The molecule has 1 amide bonds. The summed E-state index contributed by atoms with van der Waals surface area (Å²) < 4.78 is 28.2. The molecule has 9 heteroatoms. The molecular formula is C28H25N5O3S. The molecule has 3 aromatic carbocycles. The zero-order valence-electron chi connectivity index (χ0n) is 20.4. The lowest BCUT2D eigenvalue weighted by Gasteiger charge is -2.12. The molecule has 1 heterocycles. The highest BCUT2D eigenvalue weighted by atomic mass is 32.2. The van der Waals surface area contributed by atoms with Crippen LogP contribution in [-0.2, 0) is 21.4 Å². The van der Waals surface area contributed by atoms with Crippen LogP contribution in [0.2, 0.25) is 0 Å². The van der Waals surface area contributed by atoms with Crippen molar-refractivity contribution in [1.29, 1.82) is 5.26 Å². The van der Waals surface area contributed by atoms with Gasteiger partial charge in [0.15, 0.2) is 0 Å². The van der Waals surface area contributed by atoms with Gasteiger partial charge in [-0.3, -0.25) is 4.79 Å². The fourth-order valence-electron chi connectivity index (χ4n) is 3.62. The van der Waals surface area contributed by atoms with E-state index >= 15 is 0 Å². The van der Waals surface area contributed by atoms with Crippen LogP contribution in [-0.4, -0.2) is 42.5 Å². The molecule has 1 N–H and O–H groups in total. The number of amides is 1. The molecule has 0 aliphatic carbocycles. The zero-order valence-corrected chi connectivity index (χ0v) is 21.2. The molecule has 186 valence electrons. The molecule has 0 fully saturated rings. The van der Waals surface area contributed by atoms with E-state index in [-0.39, 0.29) is 17.0 Å². The van der Waals surface area contributed by atoms with Crippen LogP contribution in [0, 0.1) is 11.3 Å². The molecule has 0 aliphatic rings. The highest BCUT2D eigenvalue weighted by Crippen LogP contribution is 2.28. The number of aromatic nitrogens is 2. The Morgan fingerprint density at radius 3 is 2.35 bits per heavy atom. The summed E-state index contributed by atoms with van der Waals surface area (Å²) in [6.45, 7) is 0.277. The number of hydrogen-bond acceptors (Lipinski definition) is 5. The Morgan fingerprint density at radius 2 is 1.70 bits per heavy atom. The van der Waals surface area contributed by atoms with Crippen molar-refractivity contribution >= 4 is 22.0 Å². The van der Waals surface area contributed by atoms with E-state index in [0.29, 0.717) is 16.8 Å². The summed E-state index contributed by atoms with van der Waals surface area (Å²) in [4.78, 5) is 12.9. The Labute approximate surface area is 216 Å². The number of nitrogens with zero attached hydrogens (tertiary/aromatic N) is 4. The first-order valence-electron chi connectivity index (χ1n) is 11.4. The van der Waals surface area contributed by atoms with Crippen molar-refractivity contribution in [2.24, 2.45) is 0 Å². The third-order valence-electron chi connectivity index (χ3n) is 5.61. The minimum Gasteiger partial charge on any atom is -0.347 e. The summed E-state index contributed by atoms with van der Waals surface area (Å²) in [6.07, 6.45) is 3.18. The average molecular weight is 512 g/mol. The Hall–Kier alpha value is -4.52. The van der Waals surface area contributed by atoms with E-state index < -0.39 is 15.9 Å². The Kier molecular flexibility index (Phi) is 7.63. The van der Waals surface area contributed by atoms with E-state index in [0.717, 1.165) is 15.6 Å². The predicted molar refractivity (Wildman–Crippen MR) is 142 cm³/mol. The maximum atomic E-state index is 12.8. The zero-order chi connectivity index (χ0) is 26.4. The first-order valence-corrected chi connectivity index (χ1v) is 12.9. The molecule has 0 unspecified atom stereocenters. The number of rotatable bonds is 8. The lowest BCUT2D eigenvalue weighted by molar-refractivity contribution is -0.117. The number of hydrogen-bond donors (Lipinski definition) is 1. The van der Waals surface area contributed by atoms with Gasteiger partial charge in [-0.25, -0.2) is 17.4 Å². The second-order valence-corrected chi connectivity index (χ2v) is 10.5. The smallest absolute Gasteiger partial charge is 0.262 e. The fourth-order valence-corrected chi connectivity index (χ4v) is 4.57. The van der Waals surface area contributed by atoms with Gasteiger partial charge in [-0.05, 0) is 35.9 Å². The maximum absolute atomic E-state index is 12.8. The molecule has 0 spiro atoms. The van der Waals surface area contributed by atoms with Gasteiger partial charge >= 0.3 is 0 Å². The molecule has 1 aromatic heterocycles. The molecule has 37 heavy (non-hydrogen) atoms. The molecule has 8 nitrogen and oxygen atoms in total. The summed E-state index contributed by atoms with van der Waals surface area (Å²) in [5.74, 6) is -0.520. The first kappa shape index (κ1) is 25.6. The second kappa shape index (κ2) is 11.0. The van der Waals surface area contributed by atoms with Crippen LogP contribution < -0.4 is 5.32 Å². The molecule has 0 saturated heterocycles. The Morgan fingerprint density at radius 1 is 1.03 bits per heavy atom. The van der Waals surface area contributed by atoms with Gasteiger partial charge in [-0.15, -0.1) is 0 Å². The Balaban J connectivity index is 1.76. The van der Waals surface area contributed by atoms with Gasteiger partial charge in [0.2, 0.25) is 10.0 Å². The topological polar surface area (TPSA) is 108 Å². The minimum atomic E-state index is -3.67. The summed E-state index contributed by atoms with van der Waals surface area (Å²) in [5, 5.41) is 17.2. The maximum Gasteiger partial charge on any atom is 0.262 e. The summed E-state index contributed by atoms with van der Waals surface area (Å²) in [6, 6.07) is 27.2. The van der Waals surface area contributed by atoms with Crippen molar-refractivity contribution in [2.45, 2.75) is 11.4 Å². The van der Waals surface area contributed by atoms with Crippen molar-refractivity contribution in [1.82, 2.24) is 19.4 Å². The molecule has 4 rings (SSSR count). The molecule has 0 radical (unpaired) electrons. The van der Waals surface area contributed by atoms with Crippen LogP contribution in [0.4, 0.5) is 0 Å². The van der Waals surface area contributed by atoms with Crippen LogP contribution in [0.5, 0.6) is 0 Å². The largest absolute Gasteiger partial charge is 0.347 e. The number of nitriles is 1. The van der Waals surface area contributed by atoms with E-state index in [9.17, 15) is 18.5 Å². The fraction of sp³-hybridized carbons (Fsp3) is 0.107. The van der Waals surface area contributed by atoms with Gasteiger partial charge < -0.3 is 5.32 Å². The van der Waals surface area contributed by atoms with Crippen LogP contribution in [0.3, 0.4) is 0 Å². The number of para-hydroxylation sites is 1. The normalized spacial score (nSPS) is 11.8. The molecule has 0 saturated carbocycles. The van der Waals surface area contributed by atoms with Crippen LogP contribution in [0.25, 0.3) is 23.0 Å². The number of benzene rings is 3. The lowest BCUT2D eigenvalue weighted by Crippen LogP contribution is -2.23. The van der Waals surface area contributed by atoms with Crippen molar-refractivity contribution in [3.63, 3.8) is 0 Å². The van der Waals surface area contributed by atoms with Crippen LogP contribution >= 0.6 is 0 Å². The van der Waals surface area contributed by atoms with Gasteiger partial charge in [0.1, 0.15) is 17.3 Å². The van der Waals surface area contributed by atoms with Gasteiger partial charge in [0.25, 0.3) is 5.91 Å². The molecule has 0 bridgehead atoms.